The van der Waals surface area contributed by atoms with Crippen LogP contribution in [0.1, 0.15) is 0 Å². The first-order chi connectivity index (χ1) is 16.9. The molecular formula is C30H17N3O. The summed E-state index contributed by atoms with van der Waals surface area (Å²) >= 11 is 0. The number of furan rings is 1. The Kier molecular flexibility index (Phi) is 2.83. The summed E-state index contributed by atoms with van der Waals surface area (Å²) in [7, 11) is 0. The SMILES string of the molecule is C1=CC2=Nc3c(n4c5ccc6c(oc7ccc8ccccc8c76)c5c5cccc3c54)NC2C=C1. The second-order valence-electron chi connectivity index (χ2n) is 9.24. The number of hydrogen-bond donors (Lipinski definition) is 1. The van der Waals surface area contributed by atoms with Gasteiger partial charge in [-0.3, -0.25) is 4.40 Å². The molecule has 7 aromatic rings. The van der Waals surface area contributed by atoms with Gasteiger partial charge in [0.2, 0.25) is 0 Å². The van der Waals surface area contributed by atoms with Gasteiger partial charge in [0.15, 0.2) is 0 Å². The van der Waals surface area contributed by atoms with E-state index >= 15 is 0 Å². The van der Waals surface area contributed by atoms with E-state index in [0.29, 0.717) is 0 Å². The number of nitrogens with one attached hydrogen (secondary N) is 1. The van der Waals surface area contributed by atoms with Crippen molar-refractivity contribution in [3.63, 3.8) is 0 Å². The molecule has 0 fully saturated rings. The number of rotatable bonds is 0. The number of benzene rings is 4. The van der Waals surface area contributed by atoms with Crippen molar-refractivity contribution in [2.45, 2.75) is 6.04 Å². The lowest BCUT2D eigenvalue weighted by atomic mass is 10.0. The summed E-state index contributed by atoms with van der Waals surface area (Å²) in [5.41, 5.74) is 6.30. The molecule has 1 aliphatic heterocycles. The minimum Gasteiger partial charge on any atom is -0.455 e. The van der Waals surface area contributed by atoms with Crippen LogP contribution in [0.5, 0.6) is 0 Å². The number of allylic oxidation sites excluding steroid dienone is 2. The van der Waals surface area contributed by atoms with E-state index in [1.807, 2.05) is 0 Å². The van der Waals surface area contributed by atoms with Crippen LogP contribution in [0, 0.1) is 0 Å². The molecule has 0 spiro atoms. The fraction of sp³-hybridized carbons (Fsp3) is 0.0333. The van der Waals surface area contributed by atoms with Crippen molar-refractivity contribution in [1.29, 1.82) is 0 Å². The average molecular weight is 435 g/mol. The highest BCUT2D eigenvalue weighted by molar-refractivity contribution is 6.30. The lowest BCUT2D eigenvalue weighted by Crippen LogP contribution is -2.30. The lowest BCUT2D eigenvalue weighted by Gasteiger charge is -2.23. The third-order valence-corrected chi connectivity index (χ3v) is 7.51. The van der Waals surface area contributed by atoms with Gasteiger partial charge in [0.05, 0.1) is 28.2 Å². The van der Waals surface area contributed by atoms with Crippen LogP contribution in [0.15, 0.2) is 100 Å². The molecule has 34 heavy (non-hydrogen) atoms. The molecule has 0 saturated heterocycles. The molecule has 0 bridgehead atoms. The summed E-state index contributed by atoms with van der Waals surface area (Å²) in [6, 6.07) is 23.9. The summed E-state index contributed by atoms with van der Waals surface area (Å²) in [5, 5.41) is 12.1. The van der Waals surface area contributed by atoms with E-state index in [1.54, 1.807) is 0 Å². The Hall–Kier alpha value is -4.57. The van der Waals surface area contributed by atoms with Crippen LogP contribution in [-0.4, -0.2) is 16.2 Å². The number of aliphatic imine (C=N–C) groups is 1. The van der Waals surface area contributed by atoms with Crippen molar-refractivity contribution in [1.82, 2.24) is 4.40 Å². The second-order valence-corrected chi connectivity index (χ2v) is 9.24. The third-order valence-electron chi connectivity index (χ3n) is 7.51. The Morgan fingerprint density at radius 3 is 2.71 bits per heavy atom. The van der Waals surface area contributed by atoms with Crippen molar-refractivity contribution >= 4 is 77.1 Å². The molecule has 1 aliphatic carbocycles. The Balaban J connectivity index is 1.48. The van der Waals surface area contributed by atoms with Gasteiger partial charge >= 0.3 is 0 Å². The summed E-state index contributed by atoms with van der Waals surface area (Å²) in [5.74, 6) is 1.05. The van der Waals surface area contributed by atoms with Crippen LogP contribution in [0.2, 0.25) is 0 Å². The highest BCUT2D eigenvalue weighted by Crippen LogP contribution is 2.49. The topological polar surface area (TPSA) is 41.9 Å². The molecule has 4 aromatic carbocycles. The maximum Gasteiger partial charge on any atom is 0.145 e. The summed E-state index contributed by atoms with van der Waals surface area (Å²) < 4.78 is 8.92. The molecule has 0 amide bonds. The molecule has 1 unspecified atom stereocenters. The number of nitrogens with zero attached hydrogens (tertiary/aromatic N) is 2. The van der Waals surface area contributed by atoms with E-state index in [1.165, 1.54) is 32.4 Å². The van der Waals surface area contributed by atoms with Crippen LogP contribution in [0.4, 0.5) is 11.5 Å². The highest BCUT2D eigenvalue weighted by atomic mass is 16.3. The predicted molar refractivity (Wildman–Crippen MR) is 141 cm³/mol. The van der Waals surface area contributed by atoms with E-state index in [-0.39, 0.29) is 6.04 Å². The van der Waals surface area contributed by atoms with Crippen molar-refractivity contribution in [3.8, 4) is 0 Å². The van der Waals surface area contributed by atoms with Gasteiger partial charge in [0.1, 0.15) is 22.7 Å². The van der Waals surface area contributed by atoms with Crippen molar-refractivity contribution in [3.05, 3.63) is 91.0 Å². The van der Waals surface area contributed by atoms with Gasteiger partial charge in [-0.1, -0.05) is 66.8 Å². The first-order valence-electron chi connectivity index (χ1n) is 11.6. The smallest absolute Gasteiger partial charge is 0.145 e. The van der Waals surface area contributed by atoms with Gasteiger partial charge in [-0.25, -0.2) is 4.99 Å². The summed E-state index contributed by atoms with van der Waals surface area (Å²) in [4.78, 5) is 5.07. The molecule has 4 nitrogen and oxygen atoms in total. The quantitative estimate of drug-likeness (QED) is 0.265. The van der Waals surface area contributed by atoms with E-state index < -0.39 is 0 Å². The van der Waals surface area contributed by atoms with Gasteiger partial charge in [-0.05, 0) is 35.0 Å². The maximum absolute atomic E-state index is 6.58. The van der Waals surface area contributed by atoms with Gasteiger partial charge in [-0.2, -0.15) is 0 Å². The molecule has 158 valence electrons. The Bertz CT molecular complexity index is 2100. The molecule has 4 heterocycles. The highest BCUT2D eigenvalue weighted by Gasteiger charge is 2.29. The van der Waals surface area contributed by atoms with Crippen LogP contribution in [0.3, 0.4) is 0 Å². The molecule has 0 radical (unpaired) electrons. The van der Waals surface area contributed by atoms with Crippen molar-refractivity contribution < 1.29 is 4.42 Å². The minimum atomic E-state index is 0.0897. The molecule has 0 saturated carbocycles. The molecule has 9 rings (SSSR count). The van der Waals surface area contributed by atoms with E-state index in [0.717, 1.165) is 44.7 Å². The number of aromatic nitrogens is 1. The molecule has 3 aromatic heterocycles. The third kappa shape index (κ3) is 1.86. The zero-order valence-corrected chi connectivity index (χ0v) is 18.0. The van der Waals surface area contributed by atoms with Crippen LogP contribution in [0.25, 0.3) is 59.9 Å². The van der Waals surface area contributed by atoms with E-state index in [2.05, 4.69) is 101 Å². The number of anilines is 1. The maximum atomic E-state index is 6.58. The van der Waals surface area contributed by atoms with Gasteiger partial charge in [-0.15, -0.1) is 0 Å². The number of hydrogen-bond acceptors (Lipinski definition) is 3. The second kappa shape index (κ2) is 5.67. The summed E-state index contributed by atoms with van der Waals surface area (Å²) in [6.45, 7) is 0. The van der Waals surface area contributed by atoms with Crippen molar-refractivity contribution in [2.75, 3.05) is 5.32 Å². The molecule has 2 aliphatic rings. The van der Waals surface area contributed by atoms with E-state index in [9.17, 15) is 0 Å². The minimum absolute atomic E-state index is 0.0897. The zero-order valence-electron chi connectivity index (χ0n) is 18.0. The number of para-hydroxylation sites is 1. The monoisotopic (exact) mass is 435 g/mol. The van der Waals surface area contributed by atoms with Crippen LogP contribution in [-0.2, 0) is 0 Å². The fourth-order valence-corrected chi connectivity index (χ4v) is 6.09. The zero-order chi connectivity index (χ0) is 22.0. The van der Waals surface area contributed by atoms with Crippen LogP contribution < -0.4 is 5.32 Å². The largest absolute Gasteiger partial charge is 0.455 e. The molecule has 1 N–H and O–H groups in total. The Morgan fingerprint density at radius 2 is 1.71 bits per heavy atom. The summed E-state index contributed by atoms with van der Waals surface area (Å²) in [6.07, 6.45) is 8.39. The van der Waals surface area contributed by atoms with E-state index in [4.69, 9.17) is 9.41 Å². The normalized spacial score (nSPS) is 17.3. The fourth-order valence-electron chi connectivity index (χ4n) is 6.09. The lowest BCUT2D eigenvalue weighted by molar-refractivity contribution is 0.673. The standard InChI is InChI=1S/C30H17N3O/c1-2-7-17-16(6-1)12-15-24-25(17)19-13-14-23-26(29(19)34-24)18-8-5-9-20-27-30(33(23)28(18)20)32-22-11-4-3-10-21(22)31-27/h1-15,22,32H. The van der Waals surface area contributed by atoms with Gasteiger partial charge in [0.25, 0.3) is 0 Å². The molecular weight excluding hydrogens is 418 g/mol. The van der Waals surface area contributed by atoms with Crippen molar-refractivity contribution in [2.24, 2.45) is 4.99 Å². The molecule has 4 heteroatoms. The number of fused-ring (bicyclic) bond motifs is 13. The average Bonchev–Trinajstić information content (AvgIpc) is 3.53. The molecule has 1 atom stereocenters. The first kappa shape index (κ1) is 17.0. The Labute approximate surface area is 193 Å². The Morgan fingerprint density at radius 1 is 0.794 bits per heavy atom. The van der Waals surface area contributed by atoms with Crippen LogP contribution >= 0.6 is 0 Å². The van der Waals surface area contributed by atoms with Gasteiger partial charge < -0.3 is 9.73 Å². The predicted octanol–water partition coefficient (Wildman–Crippen LogP) is 7.73. The first-order valence-corrected chi connectivity index (χ1v) is 11.6. The van der Waals surface area contributed by atoms with Gasteiger partial charge in [0, 0.05) is 21.5 Å².